The molecule has 20 heavy (non-hydrogen) atoms. The van der Waals surface area contributed by atoms with Gasteiger partial charge in [-0.1, -0.05) is 40.9 Å². The largest absolute Gasteiger partial charge is 0.504 e. The molecule has 0 fully saturated rings. The van der Waals surface area contributed by atoms with Crippen molar-refractivity contribution in [2.24, 2.45) is 0 Å². The van der Waals surface area contributed by atoms with Gasteiger partial charge in [0, 0.05) is 5.02 Å². The van der Waals surface area contributed by atoms with E-state index in [1.807, 2.05) is 0 Å². The second-order valence-corrected chi connectivity index (χ2v) is 5.06. The molecule has 0 radical (unpaired) electrons. The molecule has 0 bridgehead atoms. The first-order chi connectivity index (χ1) is 9.40. The number of amides is 1. The Hall–Kier alpha value is -1.49. The number of anilines is 1. The van der Waals surface area contributed by atoms with Crippen molar-refractivity contribution in [1.29, 1.82) is 0 Å². The minimum Gasteiger partial charge on any atom is -0.504 e. The molecule has 1 amide bonds. The number of hydrogen-bond donors (Lipinski definition) is 2. The van der Waals surface area contributed by atoms with E-state index in [1.165, 1.54) is 24.3 Å². The number of benzene rings is 2. The van der Waals surface area contributed by atoms with Gasteiger partial charge in [0.05, 0.1) is 21.3 Å². The summed E-state index contributed by atoms with van der Waals surface area (Å²) in [5.74, 6) is -1.74. The maximum Gasteiger partial charge on any atom is 0.257 e. The van der Waals surface area contributed by atoms with Crippen LogP contribution in [-0.2, 0) is 0 Å². The van der Waals surface area contributed by atoms with Crippen LogP contribution < -0.4 is 5.32 Å². The number of hydrogen-bond acceptors (Lipinski definition) is 2. The molecule has 0 aliphatic heterocycles. The van der Waals surface area contributed by atoms with Crippen molar-refractivity contribution >= 4 is 46.4 Å². The summed E-state index contributed by atoms with van der Waals surface area (Å²) in [6, 6.07) is 6.47. The summed E-state index contributed by atoms with van der Waals surface area (Å²) in [5, 5.41) is 12.0. The van der Waals surface area contributed by atoms with E-state index in [9.17, 15) is 14.3 Å². The van der Waals surface area contributed by atoms with Gasteiger partial charge in [-0.25, -0.2) is 4.39 Å². The first-order valence-electron chi connectivity index (χ1n) is 5.33. The molecule has 0 heterocycles. The highest BCUT2D eigenvalue weighted by Crippen LogP contribution is 2.35. The molecule has 2 aromatic carbocycles. The molecule has 3 nitrogen and oxygen atoms in total. The highest BCUT2D eigenvalue weighted by molar-refractivity contribution is 6.37. The maximum absolute atomic E-state index is 13.3. The van der Waals surface area contributed by atoms with E-state index in [2.05, 4.69) is 5.32 Å². The lowest BCUT2D eigenvalue weighted by Gasteiger charge is -2.10. The third kappa shape index (κ3) is 2.98. The van der Waals surface area contributed by atoms with Crippen LogP contribution in [0, 0.1) is 5.82 Å². The lowest BCUT2D eigenvalue weighted by molar-refractivity contribution is 0.102. The number of carbonyl (C=O) groups is 1. The average molecular weight is 335 g/mol. The second-order valence-electron chi connectivity index (χ2n) is 3.84. The van der Waals surface area contributed by atoms with Crippen LogP contribution >= 0.6 is 34.8 Å². The van der Waals surface area contributed by atoms with Gasteiger partial charge >= 0.3 is 0 Å². The van der Waals surface area contributed by atoms with Crippen LogP contribution in [0.1, 0.15) is 10.4 Å². The fraction of sp³-hybridized carbons (Fsp3) is 0. The molecule has 0 unspecified atom stereocenters. The minimum atomic E-state index is -0.715. The lowest BCUT2D eigenvalue weighted by Crippen LogP contribution is -2.13. The summed E-state index contributed by atoms with van der Waals surface area (Å²) in [6.07, 6.45) is 0. The maximum atomic E-state index is 13.3. The Balaban J connectivity index is 2.35. The van der Waals surface area contributed by atoms with Gasteiger partial charge in [0.25, 0.3) is 5.91 Å². The molecule has 104 valence electrons. The second kappa shape index (κ2) is 5.87. The normalized spacial score (nSPS) is 10.4. The van der Waals surface area contributed by atoms with Gasteiger partial charge in [0.15, 0.2) is 5.75 Å². The van der Waals surface area contributed by atoms with E-state index in [0.717, 1.165) is 6.07 Å². The summed E-state index contributed by atoms with van der Waals surface area (Å²) in [5.41, 5.74) is -0.0602. The molecule has 2 N–H and O–H groups in total. The summed E-state index contributed by atoms with van der Waals surface area (Å²) in [4.78, 5) is 12.0. The molecule has 0 saturated heterocycles. The van der Waals surface area contributed by atoms with Gasteiger partial charge in [0.2, 0.25) is 0 Å². The molecular weight excluding hydrogens is 328 g/mol. The van der Waals surface area contributed by atoms with Crippen LogP contribution in [0.25, 0.3) is 0 Å². The van der Waals surface area contributed by atoms with Gasteiger partial charge in [-0.2, -0.15) is 0 Å². The predicted octanol–water partition coefficient (Wildman–Crippen LogP) is 4.74. The van der Waals surface area contributed by atoms with E-state index in [1.54, 1.807) is 0 Å². The van der Waals surface area contributed by atoms with E-state index in [-0.39, 0.29) is 32.1 Å². The third-order valence-electron chi connectivity index (χ3n) is 2.47. The smallest absolute Gasteiger partial charge is 0.257 e. The van der Waals surface area contributed by atoms with Crippen LogP contribution in [0.3, 0.4) is 0 Å². The Bertz CT molecular complexity index is 692. The van der Waals surface area contributed by atoms with Crippen molar-refractivity contribution in [2.75, 3.05) is 5.32 Å². The van der Waals surface area contributed by atoms with E-state index in [4.69, 9.17) is 34.8 Å². The first kappa shape index (κ1) is 14.9. The number of carbonyl (C=O) groups excluding carboxylic acids is 1. The van der Waals surface area contributed by atoms with Crippen LogP contribution in [0.4, 0.5) is 10.1 Å². The molecule has 2 rings (SSSR count). The zero-order chi connectivity index (χ0) is 14.9. The monoisotopic (exact) mass is 333 g/mol. The standard InChI is InChI=1S/C13H7Cl3FNO2/c14-6-4-8(15)12(19)10(5-6)18-13(20)7-2-1-3-9(17)11(7)16/h1-5,19H,(H,18,20). The van der Waals surface area contributed by atoms with Crippen molar-refractivity contribution in [3.8, 4) is 5.75 Å². The fourth-order valence-corrected chi connectivity index (χ4v) is 2.24. The molecule has 0 aliphatic rings. The zero-order valence-electron chi connectivity index (χ0n) is 9.75. The summed E-state index contributed by atoms with van der Waals surface area (Å²) >= 11 is 17.2. The van der Waals surface area contributed by atoms with Gasteiger partial charge in [-0.3, -0.25) is 4.79 Å². The molecule has 0 atom stereocenters. The number of halogens is 4. The quantitative estimate of drug-likeness (QED) is 0.779. The first-order valence-corrected chi connectivity index (χ1v) is 6.47. The number of nitrogens with one attached hydrogen (secondary N) is 1. The highest BCUT2D eigenvalue weighted by atomic mass is 35.5. The molecule has 2 aromatic rings. The van der Waals surface area contributed by atoms with Gasteiger partial charge in [0.1, 0.15) is 5.82 Å². The Morgan fingerprint density at radius 1 is 1.20 bits per heavy atom. The fourth-order valence-electron chi connectivity index (χ4n) is 1.53. The number of phenolic OH excluding ortho intramolecular Hbond substituents is 1. The average Bonchev–Trinajstić information content (AvgIpc) is 2.38. The molecule has 0 aromatic heterocycles. The molecule has 7 heteroatoms. The van der Waals surface area contributed by atoms with Crippen LogP contribution in [0.5, 0.6) is 5.75 Å². The Kier molecular flexibility index (Phi) is 4.38. The van der Waals surface area contributed by atoms with Crippen molar-refractivity contribution in [1.82, 2.24) is 0 Å². The minimum absolute atomic E-state index is 0.00725. The molecule has 0 spiro atoms. The topological polar surface area (TPSA) is 49.3 Å². The summed E-state index contributed by atoms with van der Waals surface area (Å²) in [6.45, 7) is 0. The highest BCUT2D eigenvalue weighted by Gasteiger charge is 2.16. The van der Waals surface area contributed by atoms with Crippen LogP contribution in [0.15, 0.2) is 30.3 Å². The number of rotatable bonds is 2. The summed E-state index contributed by atoms with van der Waals surface area (Å²) < 4.78 is 13.3. The van der Waals surface area contributed by atoms with Crippen molar-refractivity contribution < 1.29 is 14.3 Å². The Labute approximate surface area is 128 Å². The number of aromatic hydroxyl groups is 1. The third-order valence-corrected chi connectivity index (χ3v) is 3.36. The Morgan fingerprint density at radius 2 is 1.90 bits per heavy atom. The molecule has 0 aliphatic carbocycles. The molecule has 0 saturated carbocycles. The Morgan fingerprint density at radius 3 is 2.60 bits per heavy atom. The van der Waals surface area contributed by atoms with Gasteiger partial charge in [-0.05, 0) is 24.3 Å². The SMILES string of the molecule is O=C(Nc1cc(Cl)cc(Cl)c1O)c1cccc(F)c1Cl. The van der Waals surface area contributed by atoms with Crippen molar-refractivity contribution in [2.45, 2.75) is 0 Å². The molecular formula is C13H7Cl3FNO2. The predicted molar refractivity (Wildman–Crippen MR) is 77.5 cm³/mol. The van der Waals surface area contributed by atoms with Crippen molar-refractivity contribution in [3.63, 3.8) is 0 Å². The van der Waals surface area contributed by atoms with E-state index >= 15 is 0 Å². The van der Waals surface area contributed by atoms with Crippen molar-refractivity contribution in [3.05, 3.63) is 56.8 Å². The summed E-state index contributed by atoms with van der Waals surface area (Å²) in [7, 11) is 0. The van der Waals surface area contributed by atoms with Gasteiger partial charge < -0.3 is 10.4 Å². The van der Waals surface area contributed by atoms with Gasteiger partial charge in [-0.15, -0.1) is 0 Å². The van der Waals surface area contributed by atoms with E-state index in [0.29, 0.717) is 0 Å². The van der Waals surface area contributed by atoms with Crippen LogP contribution in [-0.4, -0.2) is 11.0 Å². The van der Waals surface area contributed by atoms with E-state index < -0.39 is 11.7 Å². The zero-order valence-corrected chi connectivity index (χ0v) is 12.0. The lowest BCUT2D eigenvalue weighted by atomic mass is 10.2. The number of phenols is 1. The van der Waals surface area contributed by atoms with Crippen LogP contribution in [0.2, 0.25) is 15.1 Å².